The molecule has 0 atom stereocenters. The number of alkyl halides is 3. The number of carbonyl (C=O) groups is 1. The summed E-state index contributed by atoms with van der Waals surface area (Å²) in [5.74, 6) is -2.07. The van der Waals surface area contributed by atoms with Crippen LogP contribution in [0.1, 0.15) is 27.9 Å². The zero-order valence-corrected chi connectivity index (χ0v) is 20.4. The van der Waals surface area contributed by atoms with Crippen LogP contribution in [0.2, 0.25) is 0 Å². The number of halogens is 6. The van der Waals surface area contributed by atoms with Gasteiger partial charge in [0.1, 0.15) is 11.6 Å². The summed E-state index contributed by atoms with van der Waals surface area (Å²) in [6, 6.07) is 8.67. The number of fused-ring (bicyclic) bond motifs is 3. The zero-order chi connectivity index (χ0) is 27.7. The molecule has 0 spiro atoms. The lowest BCUT2D eigenvalue weighted by atomic mass is 10.0. The lowest BCUT2D eigenvalue weighted by Gasteiger charge is -2.27. The van der Waals surface area contributed by atoms with Gasteiger partial charge in [-0.05, 0) is 47.5 Å². The lowest BCUT2D eigenvalue weighted by Crippen LogP contribution is -2.34. The molecule has 202 valence electrons. The molecule has 1 aliphatic heterocycles. The summed E-state index contributed by atoms with van der Waals surface area (Å²) in [6.45, 7) is 1.21. The van der Waals surface area contributed by atoms with Crippen molar-refractivity contribution >= 4 is 23.0 Å². The third-order valence-corrected chi connectivity index (χ3v) is 6.62. The van der Waals surface area contributed by atoms with E-state index in [-0.39, 0.29) is 17.6 Å². The van der Waals surface area contributed by atoms with E-state index in [0.717, 1.165) is 35.9 Å². The largest absolute Gasteiger partial charge is 0.416 e. The van der Waals surface area contributed by atoms with Crippen molar-refractivity contribution in [3.63, 3.8) is 0 Å². The molecule has 1 amide bonds. The highest BCUT2D eigenvalue weighted by atomic mass is 19.4. The first-order valence-corrected chi connectivity index (χ1v) is 12.1. The predicted octanol–water partition coefficient (Wildman–Crippen LogP) is 6.30. The molecule has 3 heterocycles. The number of pyridine rings is 1. The molecule has 1 aliphatic rings. The molecule has 0 bridgehead atoms. The number of benzene rings is 2. The molecule has 11 heteroatoms. The average molecular weight is 544 g/mol. The summed E-state index contributed by atoms with van der Waals surface area (Å²) in [7, 11) is 0. The fourth-order valence-electron chi connectivity index (χ4n) is 4.75. The molecule has 5 rings (SSSR count). The molecule has 0 saturated heterocycles. The number of aromatic nitrogens is 2. The van der Waals surface area contributed by atoms with E-state index in [2.05, 4.69) is 10.3 Å². The number of carbonyl (C=O) groups excluding carboxylic acids is 1. The number of nitrogens with zero attached hydrogens (tertiary/aromatic N) is 3. The Labute approximate surface area is 219 Å². The molecule has 0 radical (unpaired) electrons. The van der Waals surface area contributed by atoms with Crippen molar-refractivity contribution in [3.05, 3.63) is 106 Å². The lowest BCUT2D eigenvalue weighted by molar-refractivity contribution is -0.137. The number of amides is 1. The smallest absolute Gasteiger partial charge is 0.333 e. The number of nitrogens with one attached hydrogen (secondary N) is 1. The number of hydrogen-bond acceptors (Lipinski definition) is 3. The number of hydrogen-bond donors (Lipinski definition) is 1. The van der Waals surface area contributed by atoms with Gasteiger partial charge in [-0.1, -0.05) is 18.2 Å². The van der Waals surface area contributed by atoms with Crippen LogP contribution < -0.4 is 5.32 Å². The van der Waals surface area contributed by atoms with Gasteiger partial charge in [0.2, 0.25) is 5.95 Å². The molecule has 0 aliphatic carbocycles. The summed E-state index contributed by atoms with van der Waals surface area (Å²) >= 11 is 0. The van der Waals surface area contributed by atoms with Crippen molar-refractivity contribution in [2.45, 2.75) is 25.7 Å². The van der Waals surface area contributed by atoms with Crippen LogP contribution in [0, 0.1) is 17.6 Å². The topological polar surface area (TPSA) is 50.2 Å². The molecule has 5 nitrogen and oxygen atoms in total. The van der Waals surface area contributed by atoms with Gasteiger partial charge in [-0.15, -0.1) is 0 Å². The van der Waals surface area contributed by atoms with Crippen molar-refractivity contribution in [1.29, 1.82) is 0 Å². The predicted molar refractivity (Wildman–Crippen MR) is 133 cm³/mol. The molecule has 0 fully saturated rings. The molecule has 0 saturated carbocycles. The summed E-state index contributed by atoms with van der Waals surface area (Å²) in [4.78, 5) is 18.7. The van der Waals surface area contributed by atoms with E-state index < -0.39 is 35.4 Å². The van der Waals surface area contributed by atoms with Crippen LogP contribution in [-0.4, -0.2) is 33.6 Å². The van der Waals surface area contributed by atoms with Crippen LogP contribution in [0.15, 0.2) is 60.8 Å². The third-order valence-electron chi connectivity index (χ3n) is 6.62. The van der Waals surface area contributed by atoms with Crippen molar-refractivity contribution in [3.8, 4) is 0 Å². The number of rotatable bonds is 5. The fourth-order valence-corrected chi connectivity index (χ4v) is 4.75. The van der Waals surface area contributed by atoms with Crippen molar-refractivity contribution in [2.75, 3.05) is 13.1 Å². The molecule has 39 heavy (non-hydrogen) atoms. The van der Waals surface area contributed by atoms with Gasteiger partial charge >= 0.3 is 12.2 Å². The Morgan fingerprint density at radius 3 is 2.62 bits per heavy atom. The third kappa shape index (κ3) is 5.68. The maximum Gasteiger partial charge on any atom is 0.416 e. The molecule has 2 aromatic heterocycles. The van der Waals surface area contributed by atoms with E-state index in [9.17, 15) is 31.1 Å². The van der Waals surface area contributed by atoms with E-state index >= 15 is 0 Å². The van der Waals surface area contributed by atoms with E-state index in [1.165, 1.54) is 29.0 Å². The highest BCUT2D eigenvalue weighted by molar-refractivity contribution is 5.96. The van der Waals surface area contributed by atoms with Gasteiger partial charge in [0.15, 0.2) is 0 Å². The summed E-state index contributed by atoms with van der Waals surface area (Å²) in [5.41, 5.74) is 1.24. The molecular formula is C28H22F6N4O. The van der Waals surface area contributed by atoms with Gasteiger partial charge < -0.3 is 5.32 Å². The fraction of sp³-hybridized carbons (Fsp3) is 0.214. The minimum atomic E-state index is -4.60. The van der Waals surface area contributed by atoms with Crippen molar-refractivity contribution in [1.82, 2.24) is 19.8 Å². The first-order chi connectivity index (χ1) is 18.6. The second-order valence-corrected chi connectivity index (χ2v) is 9.19. The van der Waals surface area contributed by atoms with Gasteiger partial charge in [0, 0.05) is 61.5 Å². The molecule has 1 N–H and O–H groups in total. The highest BCUT2D eigenvalue weighted by Gasteiger charge is 2.33. The first-order valence-electron chi connectivity index (χ1n) is 12.1. The van der Waals surface area contributed by atoms with Gasteiger partial charge in [0.25, 0.3) is 0 Å². The SMILES string of the molecule is O=C(NCc1ccnc(F)c1)n1c2c(c3ccc(C(F)(F)F)cc31)CN(CC=Cc1ccc(F)cc1F)CC2. The highest BCUT2D eigenvalue weighted by Crippen LogP contribution is 2.36. The Hall–Kier alpha value is -4.12. The molecule has 4 aromatic rings. The minimum absolute atomic E-state index is 0.0391. The van der Waals surface area contributed by atoms with E-state index in [1.54, 1.807) is 12.2 Å². The minimum Gasteiger partial charge on any atom is -0.333 e. The second kappa shape index (κ2) is 10.6. The van der Waals surface area contributed by atoms with Gasteiger partial charge in [-0.25, -0.2) is 18.6 Å². The monoisotopic (exact) mass is 544 g/mol. The summed E-state index contributed by atoms with van der Waals surface area (Å²) in [5, 5.41) is 3.18. The standard InChI is InChI=1S/C28H22F6N4O/c29-20-5-3-18(23(30)14-20)2-1-10-37-11-8-24-22(16-37)21-6-4-19(28(32,33)34)13-25(21)38(24)27(39)36-15-17-7-9-35-26(31)12-17/h1-7,9,12-14H,8,10-11,15-16H2,(H,36,39). The Morgan fingerprint density at radius 2 is 1.87 bits per heavy atom. The summed E-state index contributed by atoms with van der Waals surface area (Å²) in [6.07, 6.45) is 0.303. The van der Waals surface area contributed by atoms with Crippen LogP contribution in [0.3, 0.4) is 0 Å². The Kier molecular flexibility index (Phi) is 7.17. The molecular weight excluding hydrogens is 522 g/mol. The molecule has 0 unspecified atom stereocenters. The average Bonchev–Trinajstić information content (AvgIpc) is 3.21. The van der Waals surface area contributed by atoms with Gasteiger partial charge in [-0.3, -0.25) is 9.47 Å². The van der Waals surface area contributed by atoms with E-state index in [4.69, 9.17) is 0 Å². The zero-order valence-electron chi connectivity index (χ0n) is 20.4. The van der Waals surface area contributed by atoms with Crippen LogP contribution >= 0.6 is 0 Å². The van der Waals surface area contributed by atoms with Crippen LogP contribution in [-0.2, 0) is 25.7 Å². The Morgan fingerprint density at radius 1 is 1.05 bits per heavy atom. The van der Waals surface area contributed by atoms with Gasteiger partial charge in [0.05, 0.1) is 11.1 Å². The maximum atomic E-state index is 13.9. The molecule has 2 aromatic carbocycles. The van der Waals surface area contributed by atoms with Crippen LogP contribution in [0.4, 0.5) is 31.1 Å². The Bertz CT molecular complexity index is 1580. The van der Waals surface area contributed by atoms with Crippen LogP contribution in [0.25, 0.3) is 17.0 Å². The quantitative estimate of drug-likeness (QED) is 0.237. The summed E-state index contributed by atoms with van der Waals surface area (Å²) < 4.78 is 82.3. The maximum absolute atomic E-state index is 13.9. The first kappa shape index (κ1) is 26.5. The van der Waals surface area contributed by atoms with Crippen molar-refractivity contribution < 1.29 is 31.1 Å². The van der Waals surface area contributed by atoms with Crippen molar-refractivity contribution in [2.24, 2.45) is 0 Å². The van der Waals surface area contributed by atoms with Crippen LogP contribution in [0.5, 0.6) is 0 Å². The van der Waals surface area contributed by atoms with Gasteiger partial charge in [-0.2, -0.15) is 17.6 Å². The van der Waals surface area contributed by atoms with E-state index in [1.807, 2.05) is 4.90 Å². The normalized spacial score (nSPS) is 14.2. The Balaban J connectivity index is 1.43. The van der Waals surface area contributed by atoms with E-state index in [0.29, 0.717) is 42.7 Å². The second-order valence-electron chi connectivity index (χ2n) is 9.19.